The third-order valence-corrected chi connectivity index (χ3v) is 4.92. The molecule has 4 aromatic rings. The highest BCUT2D eigenvalue weighted by Crippen LogP contribution is 1.88. The lowest BCUT2D eigenvalue weighted by Crippen LogP contribution is -2.30. The van der Waals surface area contributed by atoms with Crippen LogP contribution in [-0.2, 0) is 35.2 Å². The summed E-state index contributed by atoms with van der Waals surface area (Å²) in [6, 6.07) is 14.4. The number of rotatable bonds is 0. The lowest BCUT2D eigenvalue weighted by molar-refractivity contribution is -0.678. The summed E-state index contributed by atoms with van der Waals surface area (Å²) >= 11 is 0. The second-order valence-corrected chi connectivity index (χ2v) is 7.95. The van der Waals surface area contributed by atoms with E-state index in [0.29, 0.717) is 0 Å². The first kappa shape index (κ1) is 26.6. The van der Waals surface area contributed by atoms with Gasteiger partial charge in [-0.1, -0.05) is 6.07 Å². The molecule has 0 fully saturated rings. The van der Waals surface area contributed by atoms with Gasteiger partial charge in [-0.3, -0.25) is 0 Å². The Labute approximate surface area is 193 Å². The molecule has 0 N–H and O–H groups in total. The zero-order chi connectivity index (χ0) is 24.1. The number of aryl methyl sites for hydroxylation is 8. The number of nitrogens with zero attached hydrogens (tertiary/aromatic N) is 6. The third-order valence-electron chi connectivity index (χ3n) is 4.92. The summed E-state index contributed by atoms with van der Waals surface area (Å²) in [7, 11) is 9.97. The van der Waals surface area contributed by atoms with E-state index < -0.39 is 0 Å². The average Bonchev–Trinajstić information content (AvgIpc) is 3.04. The first-order chi connectivity index (χ1) is 15.1. The molecule has 0 unspecified atom stereocenters. The quantitative estimate of drug-likeness (QED) is 0.388. The first-order valence-electron chi connectivity index (χ1n) is 10.7. The lowest BCUT2D eigenvalue weighted by atomic mass is 10.3. The van der Waals surface area contributed by atoms with Crippen molar-refractivity contribution in [3.8, 4) is 0 Å². The van der Waals surface area contributed by atoms with Crippen LogP contribution in [0, 0.1) is 27.7 Å². The molecule has 4 rings (SSSR count). The van der Waals surface area contributed by atoms with Crippen LogP contribution in [0.15, 0.2) is 79.8 Å². The molecule has 6 heteroatoms. The Morgan fingerprint density at radius 3 is 1.62 bits per heavy atom. The van der Waals surface area contributed by atoms with E-state index in [1.807, 2.05) is 104 Å². The van der Waals surface area contributed by atoms with Crippen LogP contribution >= 0.6 is 0 Å². The Balaban J connectivity index is 0.000000213. The van der Waals surface area contributed by atoms with Crippen LogP contribution in [-0.4, -0.2) is 9.78 Å². The Morgan fingerprint density at radius 1 is 0.656 bits per heavy atom. The normalized spacial score (nSPS) is 9.41. The third kappa shape index (κ3) is 10.6. The fourth-order valence-electron chi connectivity index (χ4n) is 2.47. The van der Waals surface area contributed by atoms with Crippen LogP contribution in [0.3, 0.4) is 0 Å². The summed E-state index contributed by atoms with van der Waals surface area (Å²) in [5.41, 5.74) is 3.89. The van der Waals surface area contributed by atoms with Gasteiger partial charge >= 0.3 is 0 Å². The molecular formula is C26H40N6+4. The van der Waals surface area contributed by atoms with Crippen LogP contribution in [0.5, 0.6) is 0 Å². The van der Waals surface area contributed by atoms with Crippen molar-refractivity contribution < 1.29 is 18.3 Å². The zero-order valence-electron chi connectivity index (χ0n) is 21.2. The van der Waals surface area contributed by atoms with E-state index in [4.69, 9.17) is 0 Å². The zero-order valence-corrected chi connectivity index (χ0v) is 21.2. The van der Waals surface area contributed by atoms with Gasteiger partial charge in [0.1, 0.15) is 21.1 Å². The van der Waals surface area contributed by atoms with Crippen molar-refractivity contribution in [2.24, 2.45) is 35.2 Å². The van der Waals surface area contributed by atoms with Gasteiger partial charge < -0.3 is 0 Å². The van der Waals surface area contributed by atoms with Gasteiger partial charge in [0.05, 0.1) is 14.1 Å². The molecule has 4 aromatic heterocycles. The van der Waals surface area contributed by atoms with Gasteiger partial charge in [0.25, 0.3) is 6.33 Å². The summed E-state index contributed by atoms with van der Waals surface area (Å²) in [6.45, 7) is 8.27. The van der Waals surface area contributed by atoms with Gasteiger partial charge in [0.2, 0.25) is 5.82 Å². The Bertz CT molecular complexity index is 989. The highest BCUT2D eigenvalue weighted by atomic mass is 15.3. The summed E-state index contributed by atoms with van der Waals surface area (Å²) in [6.07, 6.45) is 12.0. The maximum atomic E-state index is 4.00. The predicted octanol–water partition coefficient (Wildman–Crippen LogP) is 2.01. The van der Waals surface area contributed by atoms with Crippen molar-refractivity contribution >= 4 is 0 Å². The molecule has 0 saturated heterocycles. The van der Waals surface area contributed by atoms with Crippen molar-refractivity contribution in [2.75, 3.05) is 0 Å². The molecule has 0 aliphatic carbocycles. The molecule has 6 nitrogen and oxygen atoms in total. The number of pyridine rings is 3. The van der Waals surface area contributed by atoms with Gasteiger partial charge in [-0.05, 0) is 25.5 Å². The van der Waals surface area contributed by atoms with E-state index in [-0.39, 0.29) is 0 Å². The molecule has 0 saturated carbocycles. The number of hydrogen-bond donors (Lipinski definition) is 0. The Morgan fingerprint density at radius 2 is 1.31 bits per heavy atom. The molecular weight excluding hydrogens is 396 g/mol. The van der Waals surface area contributed by atoms with Crippen molar-refractivity contribution in [2.45, 2.75) is 27.7 Å². The molecule has 0 aliphatic heterocycles. The average molecular weight is 437 g/mol. The second kappa shape index (κ2) is 13.8. The van der Waals surface area contributed by atoms with Crippen molar-refractivity contribution in [3.63, 3.8) is 0 Å². The number of aromatic nitrogens is 6. The molecule has 0 spiro atoms. The minimum absolute atomic E-state index is 1.16. The smallest absolute Gasteiger partial charge is 0.238 e. The van der Waals surface area contributed by atoms with E-state index in [1.165, 1.54) is 16.8 Å². The standard InChI is InChI=1S/3C7H10N.C5H10N3/c1-7-3-5-8(2)6-4-7;1-7-4-3-5-8(2)6-7;1-7-5-3-4-6-8(7)2;1-5-7(2)4-6-8(5)3/h3*3-6H,1-2H3;4H,1-3H3/q4*+1. The van der Waals surface area contributed by atoms with Gasteiger partial charge in [0.15, 0.2) is 36.7 Å². The fraction of sp³-hybridized carbons (Fsp3) is 0.346. The van der Waals surface area contributed by atoms with Crippen LogP contribution in [0.1, 0.15) is 22.6 Å². The molecule has 170 valence electrons. The molecule has 0 bridgehead atoms. The molecule has 0 atom stereocenters. The first-order valence-corrected chi connectivity index (χ1v) is 10.7. The minimum atomic E-state index is 1.16. The molecule has 32 heavy (non-hydrogen) atoms. The monoisotopic (exact) mass is 436 g/mol. The molecule has 0 amide bonds. The summed E-state index contributed by atoms with van der Waals surface area (Å²) in [5.74, 6) is 1.16. The maximum absolute atomic E-state index is 4.00. The predicted molar refractivity (Wildman–Crippen MR) is 126 cm³/mol. The van der Waals surface area contributed by atoms with E-state index >= 15 is 0 Å². The van der Waals surface area contributed by atoms with E-state index in [1.54, 1.807) is 6.33 Å². The van der Waals surface area contributed by atoms with Crippen molar-refractivity contribution in [1.29, 1.82) is 0 Å². The van der Waals surface area contributed by atoms with Crippen LogP contribution in [0.25, 0.3) is 0 Å². The molecule has 4 heterocycles. The van der Waals surface area contributed by atoms with Gasteiger partial charge in [-0.2, -0.15) is 0 Å². The van der Waals surface area contributed by atoms with Crippen LogP contribution in [0.4, 0.5) is 0 Å². The van der Waals surface area contributed by atoms with Crippen molar-refractivity contribution in [3.05, 3.63) is 102 Å². The SMILES string of the molecule is Cc1cc[n+](C)cc1.Cc1ccc[n+](C)c1.Cc1cccc[n+]1C.Cc1n(C)nc[n+]1C. The topological polar surface area (TPSA) is 33.3 Å². The van der Waals surface area contributed by atoms with E-state index in [0.717, 1.165) is 5.82 Å². The minimum Gasteiger partial charge on any atom is -0.238 e. The molecule has 0 aliphatic rings. The maximum Gasteiger partial charge on any atom is 0.265 e. The van der Waals surface area contributed by atoms with E-state index in [2.05, 4.69) is 60.9 Å². The second-order valence-electron chi connectivity index (χ2n) is 7.95. The molecule has 0 aromatic carbocycles. The van der Waals surface area contributed by atoms with Crippen LogP contribution < -0.4 is 18.3 Å². The van der Waals surface area contributed by atoms with Crippen molar-refractivity contribution in [1.82, 2.24) is 9.78 Å². The largest absolute Gasteiger partial charge is 0.265 e. The van der Waals surface area contributed by atoms with Gasteiger partial charge in [-0.15, -0.1) is 4.68 Å². The van der Waals surface area contributed by atoms with E-state index in [9.17, 15) is 0 Å². The number of hydrogen-bond acceptors (Lipinski definition) is 1. The summed E-state index contributed by atoms with van der Waals surface area (Å²) in [5, 5.41) is 4.00. The van der Waals surface area contributed by atoms with Crippen LogP contribution in [0.2, 0.25) is 0 Å². The Kier molecular flexibility index (Phi) is 11.5. The van der Waals surface area contributed by atoms with Gasteiger partial charge in [-0.25, -0.2) is 18.3 Å². The summed E-state index contributed by atoms with van der Waals surface area (Å²) < 4.78 is 9.95. The lowest BCUT2D eigenvalue weighted by Gasteiger charge is -1.87. The summed E-state index contributed by atoms with van der Waals surface area (Å²) in [4.78, 5) is 0. The Hall–Kier alpha value is -3.41. The van der Waals surface area contributed by atoms with Gasteiger partial charge in [0, 0.05) is 54.8 Å². The molecule has 0 radical (unpaired) electrons. The fourth-order valence-corrected chi connectivity index (χ4v) is 2.47. The highest BCUT2D eigenvalue weighted by molar-refractivity contribution is 5.03. The highest BCUT2D eigenvalue weighted by Gasteiger charge is 2.02.